The van der Waals surface area contributed by atoms with Crippen molar-refractivity contribution < 1.29 is 30.0 Å². The smallest absolute Gasteiger partial charge is 0.263 e. The van der Waals surface area contributed by atoms with Crippen molar-refractivity contribution in [3.05, 3.63) is 70.8 Å². The Morgan fingerprint density at radius 2 is 1.76 bits per heavy atom. The number of allylic oxidation sites excluding steroid dienone is 3. The fourth-order valence-electron chi connectivity index (χ4n) is 2.70. The molecule has 0 saturated heterocycles. The first-order valence-electron chi connectivity index (χ1n) is 8.01. The SMILES string of the molecule is CC1(S(=O)(=O)n2ccc(S(=O)(=O)Nc3cc(F)c(F)cc3F)c2)C=C(Br)C=CC1. The molecule has 6 nitrogen and oxygen atoms in total. The first-order valence-corrected chi connectivity index (χ1v) is 11.7. The highest BCUT2D eigenvalue weighted by atomic mass is 79.9. The van der Waals surface area contributed by atoms with Gasteiger partial charge in [0.1, 0.15) is 15.5 Å². The monoisotopic (exact) mass is 510 g/mol. The van der Waals surface area contributed by atoms with Crippen molar-refractivity contribution in [3.8, 4) is 0 Å². The molecule has 0 fully saturated rings. The molecule has 0 bridgehead atoms. The third-order valence-electron chi connectivity index (χ3n) is 4.32. The molecule has 1 N–H and O–H groups in total. The molecule has 29 heavy (non-hydrogen) atoms. The molecular weight excluding hydrogens is 497 g/mol. The van der Waals surface area contributed by atoms with E-state index >= 15 is 0 Å². The number of sulfonamides is 1. The molecule has 12 heteroatoms. The second kappa shape index (κ2) is 7.33. The summed E-state index contributed by atoms with van der Waals surface area (Å²) in [6.45, 7) is 1.48. The van der Waals surface area contributed by atoms with Crippen molar-refractivity contribution in [1.82, 2.24) is 3.97 Å². The summed E-state index contributed by atoms with van der Waals surface area (Å²) in [6.07, 6.45) is 6.91. The van der Waals surface area contributed by atoms with Crippen LogP contribution in [0.5, 0.6) is 0 Å². The van der Waals surface area contributed by atoms with Gasteiger partial charge in [-0.3, -0.25) is 8.69 Å². The minimum Gasteiger partial charge on any atom is -0.276 e. The number of benzene rings is 1. The quantitative estimate of drug-likeness (QED) is 0.618. The maximum absolute atomic E-state index is 13.7. The third-order valence-corrected chi connectivity index (χ3v) is 8.40. The molecule has 0 aliphatic heterocycles. The Bertz CT molecular complexity index is 1250. The van der Waals surface area contributed by atoms with Gasteiger partial charge in [-0.25, -0.2) is 30.0 Å². The Kier molecular flexibility index (Phi) is 5.47. The molecule has 1 atom stereocenters. The Labute approximate surface area is 174 Å². The number of halogens is 4. The van der Waals surface area contributed by atoms with Gasteiger partial charge < -0.3 is 0 Å². The Morgan fingerprint density at radius 3 is 2.41 bits per heavy atom. The van der Waals surface area contributed by atoms with Gasteiger partial charge in [0.2, 0.25) is 10.0 Å². The van der Waals surface area contributed by atoms with Crippen LogP contribution in [-0.2, 0) is 20.0 Å². The summed E-state index contributed by atoms with van der Waals surface area (Å²) in [5, 5.41) is 0. The van der Waals surface area contributed by atoms with Gasteiger partial charge in [-0.15, -0.1) is 0 Å². The summed E-state index contributed by atoms with van der Waals surface area (Å²) >= 11 is 3.22. The average Bonchev–Trinajstić information content (AvgIpc) is 3.11. The minimum atomic E-state index is -4.47. The van der Waals surface area contributed by atoms with Gasteiger partial charge in [-0.05, 0) is 25.5 Å². The normalized spacial score (nSPS) is 19.8. The standard InChI is InChI=1S/C17H14BrF3N2O4S2/c1-17(5-2-3-11(18)9-17)29(26,27)23-6-4-12(10-23)28(24,25)22-16-8-14(20)13(19)7-15(16)21/h2-4,6-10,22H,5H2,1H3. The zero-order valence-electron chi connectivity index (χ0n) is 14.7. The van der Waals surface area contributed by atoms with Gasteiger partial charge in [0.25, 0.3) is 10.0 Å². The second-order valence-electron chi connectivity index (χ2n) is 6.48. The van der Waals surface area contributed by atoms with Crippen LogP contribution in [-0.4, -0.2) is 25.6 Å². The van der Waals surface area contributed by atoms with E-state index < -0.39 is 52.8 Å². The summed E-state index contributed by atoms with van der Waals surface area (Å²) in [7, 11) is -8.51. The van der Waals surface area contributed by atoms with E-state index in [1.807, 2.05) is 0 Å². The van der Waals surface area contributed by atoms with Crippen molar-refractivity contribution in [2.75, 3.05) is 4.72 Å². The number of aromatic nitrogens is 1. The van der Waals surface area contributed by atoms with E-state index in [9.17, 15) is 30.0 Å². The third kappa shape index (κ3) is 4.01. The molecular formula is C17H14BrF3N2O4S2. The molecule has 1 aromatic carbocycles. The Morgan fingerprint density at radius 1 is 1.10 bits per heavy atom. The van der Waals surface area contributed by atoms with Gasteiger partial charge in [0.15, 0.2) is 11.6 Å². The molecule has 1 heterocycles. The van der Waals surface area contributed by atoms with E-state index in [4.69, 9.17) is 0 Å². The summed E-state index contributed by atoms with van der Waals surface area (Å²) in [6, 6.07) is 1.55. The zero-order valence-corrected chi connectivity index (χ0v) is 18.0. The maximum atomic E-state index is 13.7. The maximum Gasteiger partial charge on any atom is 0.263 e. The van der Waals surface area contributed by atoms with Crippen molar-refractivity contribution in [3.63, 3.8) is 0 Å². The number of hydrogen-bond donors (Lipinski definition) is 1. The van der Waals surface area contributed by atoms with Crippen LogP contribution >= 0.6 is 15.9 Å². The number of rotatable bonds is 5. The van der Waals surface area contributed by atoms with Gasteiger partial charge in [0, 0.05) is 29.0 Å². The van der Waals surface area contributed by atoms with Crippen LogP contribution < -0.4 is 4.72 Å². The van der Waals surface area contributed by atoms with Crippen LogP contribution in [0.15, 0.2) is 58.2 Å². The molecule has 1 aliphatic carbocycles. The summed E-state index contributed by atoms with van der Waals surface area (Å²) in [4.78, 5) is -0.497. The van der Waals surface area contributed by atoms with Crippen LogP contribution in [0.1, 0.15) is 13.3 Å². The topological polar surface area (TPSA) is 85.2 Å². The largest absolute Gasteiger partial charge is 0.276 e. The number of hydrogen-bond acceptors (Lipinski definition) is 4. The number of nitrogens with one attached hydrogen (secondary N) is 1. The fourth-order valence-corrected chi connectivity index (χ4v) is 6.20. The van der Waals surface area contributed by atoms with E-state index in [0.717, 1.165) is 22.4 Å². The van der Waals surface area contributed by atoms with Crippen LogP contribution in [0.4, 0.5) is 18.9 Å². The molecule has 1 aliphatic rings. The van der Waals surface area contributed by atoms with E-state index in [1.54, 1.807) is 16.9 Å². The lowest BCUT2D eigenvalue weighted by Gasteiger charge is -2.27. The van der Waals surface area contributed by atoms with Crippen LogP contribution in [0.3, 0.4) is 0 Å². The molecule has 0 amide bonds. The van der Waals surface area contributed by atoms with Gasteiger partial charge in [0.05, 0.1) is 5.69 Å². The Hall–Kier alpha value is -2.05. The van der Waals surface area contributed by atoms with Gasteiger partial charge in [-0.2, -0.15) is 0 Å². The first kappa shape index (κ1) is 21.7. The molecule has 1 unspecified atom stereocenters. The predicted octanol–water partition coefficient (Wildman–Crippen LogP) is 3.88. The molecule has 3 rings (SSSR count). The molecule has 0 spiro atoms. The van der Waals surface area contributed by atoms with E-state index in [0.29, 0.717) is 10.5 Å². The van der Waals surface area contributed by atoms with Gasteiger partial charge >= 0.3 is 0 Å². The van der Waals surface area contributed by atoms with Crippen LogP contribution in [0, 0.1) is 17.5 Å². The summed E-state index contributed by atoms with van der Waals surface area (Å²) in [5.41, 5.74) is -0.809. The number of anilines is 1. The molecule has 156 valence electrons. The van der Waals surface area contributed by atoms with E-state index in [1.165, 1.54) is 13.0 Å². The zero-order chi connectivity index (χ0) is 21.6. The Balaban J connectivity index is 1.95. The molecule has 1 aromatic heterocycles. The lowest BCUT2D eigenvalue weighted by Crippen LogP contribution is -2.37. The highest BCUT2D eigenvalue weighted by Gasteiger charge is 2.39. The number of nitrogens with zero attached hydrogens (tertiary/aromatic N) is 1. The highest BCUT2D eigenvalue weighted by molar-refractivity contribution is 9.11. The van der Waals surface area contributed by atoms with Crippen molar-refractivity contribution in [2.24, 2.45) is 0 Å². The van der Waals surface area contributed by atoms with Crippen LogP contribution in [0.25, 0.3) is 0 Å². The fraction of sp³-hybridized carbons (Fsp3) is 0.176. The average molecular weight is 511 g/mol. The van der Waals surface area contributed by atoms with Crippen LogP contribution in [0.2, 0.25) is 0 Å². The summed E-state index contributed by atoms with van der Waals surface area (Å²) < 4.78 is 92.7. The molecule has 2 aromatic rings. The highest BCUT2D eigenvalue weighted by Crippen LogP contribution is 2.33. The summed E-state index contributed by atoms with van der Waals surface area (Å²) in [5.74, 6) is -4.24. The van der Waals surface area contributed by atoms with E-state index in [2.05, 4.69) is 15.9 Å². The van der Waals surface area contributed by atoms with Crippen molar-refractivity contribution >= 4 is 41.7 Å². The first-order chi connectivity index (χ1) is 13.4. The predicted molar refractivity (Wildman–Crippen MR) is 105 cm³/mol. The molecule has 0 radical (unpaired) electrons. The molecule has 0 saturated carbocycles. The van der Waals surface area contributed by atoms with Gasteiger partial charge in [-0.1, -0.05) is 28.1 Å². The van der Waals surface area contributed by atoms with Crippen molar-refractivity contribution in [2.45, 2.75) is 23.0 Å². The second-order valence-corrected chi connectivity index (χ2v) is 11.4. The lowest BCUT2D eigenvalue weighted by molar-refractivity contribution is 0.496. The van der Waals surface area contributed by atoms with Crippen molar-refractivity contribution in [1.29, 1.82) is 0 Å². The van der Waals surface area contributed by atoms with E-state index in [-0.39, 0.29) is 12.5 Å². The lowest BCUT2D eigenvalue weighted by atomic mass is 10.0. The minimum absolute atomic E-state index is 0.170.